The predicted molar refractivity (Wildman–Crippen MR) is 121 cm³/mol. The van der Waals surface area contributed by atoms with Crippen LogP contribution in [0.3, 0.4) is 0 Å². The summed E-state index contributed by atoms with van der Waals surface area (Å²) >= 11 is 1.77. The van der Waals surface area contributed by atoms with E-state index < -0.39 is 0 Å². The van der Waals surface area contributed by atoms with Gasteiger partial charge >= 0.3 is 0 Å². The second-order valence-electron chi connectivity index (χ2n) is 7.93. The summed E-state index contributed by atoms with van der Waals surface area (Å²) in [4.78, 5) is 21.8. The Hall–Kier alpha value is -2.68. The highest BCUT2D eigenvalue weighted by Gasteiger charge is 2.23. The van der Waals surface area contributed by atoms with Gasteiger partial charge in [-0.05, 0) is 24.3 Å². The number of nitrogens with zero attached hydrogens (tertiary/aromatic N) is 3. The summed E-state index contributed by atoms with van der Waals surface area (Å²) < 4.78 is 12.8. The minimum absolute atomic E-state index is 0.0297. The lowest BCUT2D eigenvalue weighted by Gasteiger charge is -2.34. The number of para-hydroxylation sites is 3. The van der Waals surface area contributed by atoms with Crippen LogP contribution in [0, 0.1) is 0 Å². The Bertz CT molecular complexity index is 1010. The van der Waals surface area contributed by atoms with Crippen LogP contribution < -0.4 is 14.8 Å². The van der Waals surface area contributed by atoms with E-state index in [0.717, 1.165) is 54.7 Å². The molecule has 2 aromatic carbocycles. The molecular formula is C23H26N4O3S. The normalized spacial score (nSPS) is 19.4. The number of nitrogens with one attached hydrogen (secondary N) is 1. The SMILES string of the molecule is O=C(CN1CCN(Cc2nc3ccccc3s2)CC1)NCC1COc2ccccc2O1. The Morgan fingerprint density at radius 2 is 1.77 bits per heavy atom. The topological polar surface area (TPSA) is 66.9 Å². The number of piperazine rings is 1. The average Bonchev–Trinajstić information content (AvgIpc) is 3.21. The van der Waals surface area contributed by atoms with Gasteiger partial charge in [-0.15, -0.1) is 11.3 Å². The number of carbonyl (C=O) groups excluding carboxylic acids is 1. The minimum Gasteiger partial charge on any atom is -0.486 e. The molecule has 0 saturated carbocycles. The molecule has 8 heteroatoms. The van der Waals surface area contributed by atoms with Crippen LogP contribution in [0.1, 0.15) is 5.01 Å². The van der Waals surface area contributed by atoms with Gasteiger partial charge in [0, 0.05) is 26.2 Å². The van der Waals surface area contributed by atoms with Crippen molar-refractivity contribution >= 4 is 27.5 Å². The van der Waals surface area contributed by atoms with Gasteiger partial charge in [0.25, 0.3) is 0 Å². The summed E-state index contributed by atoms with van der Waals surface area (Å²) in [7, 11) is 0. The highest BCUT2D eigenvalue weighted by Crippen LogP contribution is 2.30. The van der Waals surface area contributed by atoms with Crippen LogP contribution in [0.2, 0.25) is 0 Å². The molecule has 2 aliphatic rings. The van der Waals surface area contributed by atoms with Crippen molar-refractivity contribution in [1.29, 1.82) is 0 Å². The fourth-order valence-electron chi connectivity index (χ4n) is 3.93. The highest BCUT2D eigenvalue weighted by molar-refractivity contribution is 7.18. The van der Waals surface area contributed by atoms with E-state index in [0.29, 0.717) is 19.7 Å². The fraction of sp³-hybridized carbons (Fsp3) is 0.391. The number of fused-ring (bicyclic) bond motifs is 2. The molecule has 7 nitrogen and oxygen atoms in total. The Morgan fingerprint density at radius 1 is 1.03 bits per heavy atom. The number of thiazole rings is 1. The predicted octanol–water partition coefficient (Wildman–Crippen LogP) is 2.37. The molecule has 0 aliphatic carbocycles. The summed E-state index contributed by atoms with van der Waals surface area (Å²) in [6.07, 6.45) is -0.162. The molecule has 162 valence electrons. The lowest BCUT2D eigenvalue weighted by molar-refractivity contribution is -0.123. The van der Waals surface area contributed by atoms with Crippen molar-refractivity contribution in [3.63, 3.8) is 0 Å². The van der Waals surface area contributed by atoms with Crippen LogP contribution in [-0.4, -0.2) is 72.7 Å². The van der Waals surface area contributed by atoms with Gasteiger partial charge < -0.3 is 14.8 Å². The average molecular weight is 439 g/mol. The first-order valence-electron chi connectivity index (χ1n) is 10.7. The van der Waals surface area contributed by atoms with Crippen molar-refractivity contribution in [2.75, 3.05) is 45.9 Å². The number of hydrogen-bond acceptors (Lipinski definition) is 7. The van der Waals surface area contributed by atoms with Gasteiger partial charge in [-0.1, -0.05) is 24.3 Å². The van der Waals surface area contributed by atoms with Crippen molar-refractivity contribution in [2.24, 2.45) is 0 Å². The fourth-order valence-corrected chi connectivity index (χ4v) is 4.94. The number of hydrogen-bond donors (Lipinski definition) is 1. The zero-order chi connectivity index (χ0) is 21.0. The summed E-state index contributed by atoms with van der Waals surface area (Å²) in [5, 5.41) is 4.15. The van der Waals surface area contributed by atoms with Gasteiger partial charge in [-0.2, -0.15) is 0 Å². The second-order valence-corrected chi connectivity index (χ2v) is 9.04. The minimum atomic E-state index is -0.162. The largest absolute Gasteiger partial charge is 0.486 e. The van der Waals surface area contributed by atoms with E-state index >= 15 is 0 Å². The molecule has 2 aliphatic heterocycles. The van der Waals surface area contributed by atoms with Crippen LogP contribution in [0.5, 0.6) is 11.5 Å². The first kappa shape index (κ1) is 20.2. The number of ether oxygens (including phenoxy) is 2. The Morgan fingerprint density at radius 3 is 2.61 bits per heavy atom. The number of aromatic nitrogens is 1. The van der Waals surface area contributed by atoms with E-state index in [9.17, 15) is 4.79 Å². The molecule has 1 fully saturated rings. The standard InChI is InChI=1S/C23H26N4O3S/c28-22(24-13-17-16-29-19-6-2-3-7-20(19)30-17)14-26-9-11-27(12-10-26)15-23-25-18-5-1-4-8-21(18)31-23/h1-8,17H,9-16H2,(H,24,28). The van der Waals surface area contributed by atoms with E-state index in [1.807, 2.05) is 30.3 Å². The Kier molecular flexibility index (Phi) is 6.01. The molecule has 1 N–H and O–H groups in total. The second kappa shape index (κ2) is 9.21. The maximum atomic E-state index is 12.4. The molecule has 3 heterocycles. The zero-order valence-electron chi connectivity index (χ0n) is 17.3. The molecule has 1 amide bonds. The quantitative estimate of drug-likeness (QED) is 0.638. The van der Waals surface area contributed by atoms with Crippen molar-refractivity contribution in [3.05, 3.63) is 53.5 Å². The number of benzene rings is 2. The van der Waals surface area contributed by atoms with Gasteiger partial charge in [0.15, 0.2) is 11.5 Å². The van der Waals surface area contributed by atoms with E-state index in [-0.39, 0.29) is 12.0 Å². The van der Waals surface area contributed by atoms with Crippen molar-refractivity contribution in [1.82, 2.24) is 20.1 Å². The van der Waals surface area contributed by atoms with Crippen LogP contribution in [0.25, 0.3) is 10.2 Å². The lowest BCUT2D eigenvalue weighted by Crippen LogP contribution is -2.50. The molecule has 1 aromatic heterocycles. The van der Waals surface area contributed by atoms with E-state index in [4.69, 9.17) is 14.5 Å². The third-order valence-electron chi connectivity index (χ3n) is 5.62. The van der Waals surface area contributed by atoms with Crippen LogP contribution >= 0.6 is 11.3 Å². The van der Waals surface area contributed by atoms with Crippen LogP contribution in [0.4, 0.5) is 0 Å². The van der Waals surface area contributed by atoms with E-state index in [1.54, 1.807) is 11.3 Å². The van der Waals surface area contributed by atoms with Crippen molar-refractivity contribution in [3.8, 4) is 11.5 Å². The molecule has 1 atom stereocenters. The van der Waals surface area contributed by atoms with Gasteiger partial charge in [-0.25, -0.2) is 4.98 Å². The van der Waals surface area contributed by atoms with Gasteiger partial charge in [0.05, 0.1) is 29.9 Å². The maximum Gasteiger partial charge on any atom is 0.234 e. The molecule has 5 rings (SSSR count). The first-order chi connectivity index (χ1) is 15.2. The third-order valence-corrected chi connectivity index (χ3v) is 6.64. The summed E-state index contributed by atoms with van der Waals surface area (Å²) in [5.41, 5.74) is 1.08. The highest BCUT2D eigenvalue weighted by atomic mass is 32.1. The zero-order valence-corrected chi connectivity index (χ0v) is 18.1. The van der Waals surface area contributed by atoms with Gasteiger partial charge in [0.1, 0.15) is 17.7 Å². The number of carbonyl (C=O) groups is 1. The molecule has 3 aromatic rings. The van der Waals surface area contributed by atoms with Crippen molar-refractivity contribution < 1.29 is 14.3 Å². The summed E-state index contributed by atoms with van der Waals surface area (Å²) in [6, 6.07) is 15.9. The summed E-state index contributed by atoms with van der Waals surface area (Å²) in [6.45, 7) is 5.84. The van der Waals surface area contributed by atoms with Crippen LogP contribution in [-0.2, 0) is 11.3 Å². The number of rotatable bonds is 6. The molecule has 0 spiro atoms. The monoisotopic (exact) mass is 438 g/mol. The molecule has 0 bridgehead atoms. The first-order valence-corrected chi connectivity index (χ1v) is 11.5. The van der Waals surface area contributed by atoms with Crippen LogP contribution in [0.15, 0.2) is 48.5 Å². The van der Waals surface area contributed by atoms with E-state index in [2.05, 4.69) is 33.3 Å². The molecule has 0 radical (unpaired) electrons. The molecular weight excluding hydrogens is 412 g/mol. The van der Waals surface area contributed by atoms with Gasteiger partial charge in [0.2, 0.25) is 5.91 Å². The maximum absolute atomic E-state index is 12.4. The van der Waals surface area contributed by atoms with Crippen molar-refractivity contribution in [2.45, 2.75) is 12.6 Å². The number of amides is 1. The molecule has 31 heavy (non-hydrogen) atoms. The summed E-state index contributed by atoms with van der Waals surface area (Å²) in [5.74, 6) is 1.52. The lowest BCUT2D eigenvalue weighted by atomic mass is 10.2. The molecule has 1 unspecified atom stereocenters. The Labute approximate surface area is 185 Å². The van der Waals surface area contributed by atoms with E-state index in [1.165, 1.54) is 4.70 Å². The molecule has 1 saturated heterocycles. The van der Waals surface area contributed by atoms with Gasteiger partial charge in [-0.3, -0.25) is 14.6 Å². The smallest absolute Gasteiger partial charge is 0.234 e. The third kappa shape index (κ3) is 4.98. The Balaban J connectivity index is 1.03.